The van der Waals surface area contributed by atoms with Crippen LogP contribution >= 0.6 is 0 Å². The number of hydrogen-bond donors (Lipinski definition) is 0. The molecule has 13 heavy (non-hydrogen) atoms. The summed E-state index contributed by atoms with van der Waals surface area (Å²) in [5.74, 6) is 0. The lowest BCUT2D eigenvalue weighted by Gasteiger charge is -1.91. The average molecular weight is 178 g/mol. The van der Waals surface area contributed by atoms with Crippen molar-refractivity contribution in [2.75, 3.05) is 0 Å². The topological polar surface area (TPSA) is 0 Å². The molecule has 0 aromatic rings. The lowest BCUT2D eigenvalue weighted by Crippen LogP contribution is -1.71. The Labute approximate surface area is 83.0 Å². The van der Waals surface area contributed by atoms with Gasteiger partial charge in [0.1, 0.15) is 0 Å². The van der Waals surface area contributed by atoms with E-state index in [2.05, 4.69) is 37.8 Å². The van der Waals surface area contributed by atoms with Crippen LogP contribution in [-0.4, -0.2) is 0 Å². The molecule has 0 unspecified atom stereocenters. The minimum Gasteiger partial charge on any atom is -0.103 e. The number of allylic oxidation sites excluding steroid dienone is 5. The van der Waals surface area contributed by atoms with Gasteiger partial charge in [-0.15, -0.1) is 6.58 Å². The van der Waals surface area contributed by atoms with Gasteiger partial charge < -0.3 is 0 Å². The van der Waals surface area contributed by atoms with Crippen LogP contribution in [-0.2, 0) is 0 Å². The molecule has 0 aliphatic carbocycles. The minimum absolute atomic E-state index is 1.09. The third-order valence-corrected chi connectivity index (χ3v) is 1.87. The van der Waals surface area contributed by atoms with Gasteiger partial charge in [-0.25, -0.2) is 0 Å². The molecular formula is C13H22. The zero-order valence-electron chi connectivity index (χ0n) is 8.84. The van der Waals surface area contributed by atoms with Gasteiger partial charge in [0.2, 0.25) is 0 Å². The van der Waals surface area contributed by atoms with Gasteiger partial charge >= 0.3 is 0 Å². The zero-order chi connectivity index (χ0) is 9.78. The van der Waals surface area contributed by atoms with Crippen LogP contribution in [0.5, 0.6) is 0 Å². The maximum absolute atomic E-state index is 3.70. The van der Waals surface area contributed by atoms with Crippen molar-refractivity contribution >= 4 is 0 Å². The second-order valence-corrected chi connectivity index (χ2v) is 3.16. The summed E-state index contributed by atoms with van der Waals surface area (Å²) >= 11 is 0. The molecule has 0 spiro atoms. The second-order valence-electron chi connectivity index (χ2n) is 3.16. The summed E-state index contributed by atoms with van der Waals surface area (Å²) in [5.41, 5.74) is 0. The van der Waals surface area contributed by atoms with Crippen molar-refractivity contribution in [1.29, 1.82) is 0 Å². The molecule has 0 saturated heterocycles. The molecule has 0 heterocycles. The molecule has 0 rings (SSSR count). The van der Waals surface area contributed by atoms with Crippen molar-refractivity contribution in [2.24, 2.45) is 0 Å². The summed E-state index contributed by atoms with van der Waals surface area (Å²) in [6, 6.07) is 0. The molecule has 0 atom stereocenters. The second kappa shape index (κ2) is 11.2. The van der Waals surface area contributed by atoms with E-state index < -0.39 is 0 Å². The van der Waals surface area contributed by atoms with E-state index in [1.165, 1.54) is 19.3 Å². The lowest BCUT2D eigenvalue weighted by atomic mass is 10.2. The van der Waals surface area contributed by atoms with Crippen molar-refractivity contribution in [3.05, 3.63) is 37.0 Å². The summed E-state index contributed by atoms with van der Waals surface area (Å²) < 4.78 is 0. The van der Waals surface area contributed by atoms with Gasteiger partial charge in [-0.3, -0.25) is 0 Å². The van der Waals surface area contributed by atoms with Crippen molar-refractivity contribution in [2.45, 2.75) is 45.4 Å². The molecule has 0 bridgehead atoms. The Morgan fingerprint density at radius 1 is 0.923 bits per heavy atom. The van der Waals surface area contributed by atoms with E-state index in [0.29, 0.717) is 0 Å². The van der Waals surface area contributed by atoms with Crippen LogP contribution < -0.4 is 0 Å². The fourth-order valence-corrected chi connectivity index (χ4v) is 1.11. The molecule has 0 fully saturated rings. The smallest absolute Gasteiger partial charge is 0.0169 e. The summed E-state index contributed by atoms with van der Waals surface area (Å²) in [4.78, 5) is 0. The van der Waals surface area contributed by atoms with Crippen LogP contribution in [0.15, 0.2) is 37.0 Å². The highest BCUT2D eigenvalue weighted by molar-refractivity contribution is 4.92. The standard InChI is InChI=1S/C13H22/c1-3-5-7-9-11-13-12-10-8-6-4-2/h3,6,8,12-13H,1,4-5,7,9-11H2,2H3. The highest BCUT2D eigenvalue weighted by atomic mass is 13.9. The highest BCUT2D eigenvalue weighted by Gasteiger charge is 1.81. The summed E-state index contributed by atoms with van der Waals surface area (Å²) in [5, 5.41) is 0. The van der Waals surface area contributed by atoms with Gasteiger partial charge in [-0.2, -0.15) is 0 Å². The Bertz CT molecular complexity index is 151. The van der Waals surface area contributed by atoms with E-state index in [4.69, 9.17) is 0 Å². The molecule has 0 radical (unpaired) electrons. The Balaban J connectivity index is 3.12. The third-order valence-electron chi connectivity index (χ3n) is 1.87. The van der Waals surface area contributed by atoms with Gasteiger partial charge in [0.15, 0.2) is 0 Å². The summed E-state index contributed by atoms with van der Waals surface area (Å²) in [6.45, 7) is 5.86. The first-order valence-corrected chi connectivity index (χ1v) is 5.32. The molecule has 74 valence electrons. The van der Waals surface area contributed by atoms with E-state index in [1.807, 2.05) is 6.08 Å². The Hall–Kier alpha value is -0.780. The molecule has 0 aliphatic rings. The first kappa shape index (κ1) is 12.2. The first-order chi connectivity index (χ1) is 6.41. The van der Waals surface area contributed by atoms with Crippen LogP contribution in [0.3, 0.4) is 0 Å². The number of hydrogen-bond acceptors (Lipinski definition) is 0. The summed E-state index contributed by atoms with van der Waals surface area (Å²) in [7, 11) is 0. The highest BCUT2D eigenvalue weighted by Crippen LogP contribution is 2.01. The van der Waals surface area contributed by atoms with Gasteiger partial charge in [0.25, 0.3) is 0 Å². The zero-order valence-corrected chi connectivity index (χ0v) is 8.84. The van der Waals surface area contributed by atoms with E-state index in [-0.39, 0.29) is 0 Å². The van der Waals surface area contributed by atoms with Crippen molar-refractivity contribution in [3.8, 4) is 0 Å². The van der Waals surface area contributed by atoms with Gasteiger partial charge in [-0.05, 0) is 38.5 Å². The Morgan fingerprint density at radius 3 is 2.31 bits per heavy atom. The molecular weight excluding hydrogens is 156 g/mol. The quantitative estimate of drug-likeness (QED) is 0.375. The van der Waals surface area contributed by atoms with Crippen LogP contribution in [0.25, 0.3) is 0 Å². The van der Waals surface area contributed by atoms with E-state index in [9.17, 15) is 0 Å². The fourth-order valence-electron chi connectivity index (χ4n) is 1.11. The molecule has 0 aromatic heterocycles. The van der Waals surface area contributed by atoms with Crippen LogP contribution in [0.2, 0.25) is 0 Å². The molecule has 0 N–H and O–H groups in total. The summed E-state index contributed by atoms with van der Waals surface area (Å²) in [6.07, 6.45) is 18.1. The first-order valence-electron chi connectivity index (χ1n) is 5.32. The Morgan fingerprint density at radius 2 is 1.62 bits per heavy atom. The molecule has 0 amide bonds. The molecule has 0 nitrogen and oxygen atoms in total. The van der Waals surface area contributed by atoms with Crippen LogP contribution in [0, 0.1) is 0 Å². The predicted octanol–water partition coefficient (Wildman–Crippen LogP) is 4.65. The normalized spacial score (nSPS) is 11.5. The molecule has 0 saturated carbocycles. The minimum atomic E-state index is 1.09. The average Bonchev–Trinajstić information content (AvgIpc) is 2.16. The predicted molar refractivity (Wildman–Crippen MR) is 61.9 cm³/mol. The van der Waals surface area contributed by atoms with Crippen LogP contribution in [0.4, 0.5) is 0 Å². The van der Waals surface area contributed by atoms with E-state index >= 15 is 0 Å². The lowest BCUT2D eigenvalue weighted by molar-refractivity contribution is 0.762. The van der Waals surface area contributed by atoms with Crippen molar-refractivity contribution < 1.29 is 0 Å². The van der Waals surface area contributed by atoms with Crippen molar-refractivity contribution in [3.63, 3.8) is 0 Å². The fraction of sp³-hybridized carbons (Fsp3) is 0.538. The largest absolute Gasteiger partial charge is 0.103 e. The maximum atomic E-state index is 3.70. The van der Waals surface area contributed by atoms with E-state index in [0.717, 1.165) is 19.3 Å². The van der Waals surface area contributed by atoms with Crippen molar-refractivity contribution in [1.82, 2.24) is 0 Å². The van der Waals surface area contributed by atoms with E-state index in [1.54, 1.807) is 0 Å². The maximum Gasteiger partial charge on any atom is -0.0169 e. The third kappa shape index (κ3) is 11.2. The molecule has 0 aliphatic heterocycles. The monoisotopic (exact) mass is 178 g/mol. The van der Waals surface area contributed by atoms with Gasteiger partial charge in [0, 0.05) is 0 Å². The van der Waals surface area contributed by atoms with Crippen LogP contribution in [0.1, 0.15) is 45.4 Å². The van der Waals surface area contributed by atoms with Gasteiger partial charge in [0.05, 0.1) is 0 Å². The molecule has 0 heteroatoms. The number of rotatable bonds is 8. The number of unbranched alkanes of at least 4 members (excludes halogenated alkanes) is 3. The van der Waals surface area contributed by atoms with Gasteiger partial charge in [-0.1, -0.05) is 37.3 Å². The Kier molecular flexibility index (Phi) is 10.5. The molecule has 0 aromatic carbocycles. The SMILES string of the molecule is C=CCCCCC=CCC=CCC.